The molecule has 0 fully saturated rings. The van der Waals surface area contributed by atoms with Crippen molar-refractivity contribution < 1.29 is 0 Å². The summed E-state index contributed by atoms with van der Waals surface area (Å²) in [6.07, 6.45) is 0. The Morgan fingerprint density at radius 3 is 1.34 bits per heavy atom. The molecule has 2 heterocycles. The van der Waals surface area contributed by atoms with Gasteiger partial charge < -0.3 is 0 Å². The first kappa shape index (κ1) is 33.3. The molecule has 8 aromatic carbocycles. The molecular formula is C55H34N4. The van der Waals surface area contributed by atoms with Gasteiger partial charge in [-0.1, -0.05) is 200 Å². The molecule has 10 aromatic rings. The summed E-state index contributed by atoms with van der Waals surface area (Å²) < 4.78 is 0. The smallest absolute Gasteiger partial charge is 0.164 e. The SMILES string of the molecule is c1ccc(-c2ccc(-c3nc(-c4ccccc4)nc(-c4cccc(-c5nc6c(c7ccccc57)C5(c7ccccc7-c7ccccc75)c5ccccc5-6)c4)n3)cc2)cc1. The topological polar surface area (TPSA) is 51.6 Å². The second kappa shape index (κ2) is 13.1. The van der Waals surface area contributed by atoms with Crippen molar-refractivity contribution in [2.24, 2.45) is 0 Å². The van der Waals surface area contributed by atoms with Gasteiger partial charge in [-0.2, -0.15) is 0 Å². The zero-order chi connectivity index (χ0) is 38.9. The fourth-order valence-electron chi connectivity index (χ4n) is 9.60. The van der Waals surface area contributed by atoms with Crippen LogP contribution >= 0.6 is 0 Å². The van der Waals surface area contributed by atoms with Gasteiger partial charge in [0.1, 0.15) is 0 Å². The van der Waals surface area contributed by atoms with Crippen molar-refractivity contribution in [3.63, 3.8) is 0 Å². The van der Waals surface area contributed by atoms with Crippen LogP contribution in [0.25, 0.3) is 89.7 Å². The number of nitrogens with zero attached hydrogens (tertiary/aromatic N) is 4. The van der Waals surface area contributed by atoms with Gasteiger partial charge in [-0.25, -0.2) is 19.9 Å². The zero-order valence-electron chi connectivity index (χ0n) is 31.9. The summed E-state index contributed by atoms with van der Waals surface area (Å²) in [7, 11) is 0. The number of benzene rings is 8. The summed E-state index contributed by atoms with van der Waals surface area (Å²) >= 11 is 0. The van der Waals surface area contributed by atoms with Gasteiger partial charge in [0.15, 0.2) is 17.5 Å². The normalized spacial score (nSPS) is 12.9. The third kappa shape index (κ3) is 5.03. The van der Waals surface area contributed by atoms with Crippen LogP contribution in [0.2, 0.25) is 0 Å². The predicted octanol–water partition coefficient (Wildman–Crippen LogP) is 13.1. The third-order valence-corrected chi connectivity index (χ3v) is 12.1. The number of fused-ring (bicyclic) bond motifs is 12. The minimum absolute atomic E-state index is 0.486. The van der Waals surface area contributed by atoms with Crippen molar-refractivity contribution >= 4 is 10.8 Å². The van der Waals surface area contributed by atoms with Crippen LogP contribution in [0.1, 0.15) is 22.3 Å². The van der Waals surface area contributed by atoms with E-state index in [1.54, 1.807) is 0 Å². The molecule has 2 aliphatic rings. The highest BCUT2D eigenvalue weighted by molar-refractivity contribution is 6.07. The van der Waals surface area contributed by atoms with E-state index in [9.17, 15) is 0 Å². The fourth-order valence-corrected chi connectivity index (χ4v) is 9.60. The van der Waals surface area contributed by atoms with Crippen molar-refractivity contribution in [2.75, 3.05) is 0 Å². The van der Waals surface area contributed by atoms with Gasteiger partial charge in [-0.15, -0.1) is 0 Å². The van der Waals surface area contributed by atoms with Crippen molar-refractivity contribution in [1.29, 1.82) is 0 Å². The maximum absolute atomic E-state index is 5.70. The van der Waals surface area contributed by atoms with Gasteiger partial charge in [0.25, 0.3) is 0 Å². The number of hydrogen-bond acceptors (Lipinski definition) is 4. The minimum Gasteiger partial charge on any atom is -0.247 e. The molecule has 0 N–H and O–H groups in total. The Morgan fingerprint density at radius 1 is 0.271 bits per heavy atom. The predicted molar refractivity (Wildman–Crippen MR) is 239 cm³/mol. The Hall–Kier alpha value is -7.82. The quantitative estimate of drug-likeness (QED) is 0.176. The van der Waals surface area contributed by atoms with E-state index >= 15 is 0 Å². The van der Waals surface area contributed by atoms with Gasteiger partial charge in [0, 0.05) is 38.8 Å². The molecule has 2 aliphatic carbocycles. The first-order valence-electron chi connectivity index (χ1n) is 20.1. The highest BCUT2D eigenvalue weighted by atomic mass is 15.0. The molecule has 274 valence electrons. The minimum atomic E-state index is -0.486. The Balaban J connectivity index is 1.04. The van der Waals surface area contributed by atoms with Gasteiger partial charge in [0.2, 0.25) is 0 Å². The first-order valence-corrected chi connectivity index (χ1v) is 20.1. The molecule has 12 rings (SSSR count). The van der Waals surface area contributed by atoms with Crippen molar-refractivity contribution in [3.8, 4) is 78.9 Å². The van der Waals surface area contributed by atoms with Crippen LogP contribution in [-0.2, 0) is 5.41 Å². The average Bonchev–Trinajstić information content (AvgIpc) is 3.79. The molecule has 0 unspecified atom stereocenters. The number of hydrogen-bond donors (Lipinski definition) is 0. The fraction of sp³-hybridized carbons (Fsp3) is 0.0182. The molecule has 0 atom stereocenters. The Bertz CT molecular complexity index is 3220. The molecule has 2 aromatic heterocycles. The summed E-state index contributed by atoms with van der Waals surface area (Å²) in [5.41, 5.74) is 16.4. The van der Waals surface area contributed by atoms with Crippen LogP contribution in [0.5, 0.6) is 0 Å². The Labute approximate surface area is 342 Å². The highest BCUT2D eigenvalue weighted by Gasteiger charge is 2.53. The summed E-state index contributed by atoms with van der Waals surface area (Å²) in [5.74, 6) is 1.86. The molecule has 0 amide bonds. The van der Waals surface area contributed by atoms with E-state index in [0.717, 1.165) is 44.6 Å². The molecule has 0 saturated heterocycles. The Kier molecular flexibility index (Phi) is 7.41. The molecule has 4 nitrogen and oxygen atoms in total. The largest absolute Gasteiger partial charge is 0.247 e. The lowest BCUT2D eigenvalue weighted by atomic mass is 9.69. The van der Waals surface area contributed by atoms with E-state index in [1.165, 1.54) is 49.9 Å². The molecule has 0 aliphatic heterocycles. The third-order valence-electron chi connectivity index (χ3n) is 12.1. The maximum Gasteiger partial charge on any atom is 0.164 e. The van der Waals surface area contributed by atoms with Gasteiger partial charge in [0.05, 0.1) is 16.8 Å². The number of aromatic nitrogens is 4. The summed E-state index contributed by atoms with van der Waals surface area (Å²) in [6, 6.07) is 73.0. The van der Waals surface area contributed by atoms with Crippen molar-refractivity contribution in [2.45, 2.75) is 5.41 Å². The van der Waals surface area contributed by atoms with Gasteiger partial charge >= 0.3 is 0 Å². The lowest BCUT2D eigenvalue weighted by Gasteiger charge is -2.31. The standard InChI is InChI=1S/C55H34N4/c1-3-16-35(17-4-1)36-30-32-38(33-31-36)53-57-52(37-18-5-2-6-19-37)58-54(59-53)40-21-15-20-39(34-40)50-44-25-8-7-24-43(44)49-51(56-50)45-26-11-14-29-48(45)55(49)46-27-12-9-22-41(46)42-23-10-13-28-47(42)55/h1-34H. The van der Waals surface area contributed by atoms with Crippen LogP contribution in [0.15, 0.2) is 206 Å². The van der Waals surface area contributed by atoms with Crippen molar-refractivity contribution in [1.82, 2.24) is 19.9 Å². The molecule has 1 spiro atoms. The maximum atomic E-state index is 5.70. The van der Waals surface area contributed by atoms with Crippen LogP contribution < -0.4 is 0 Å². The lowest BCUT2D eigenvalue weighted by Crippen LogP contribution is -2.26. The van der Waals surface area contributed by atoms with E-state index in [4.69, 9.17) is 19.9 Å². The summed E-state index contributed by atoms with van der Waals surface area (Å²) in [6.45, 7) is 0. The highest BCUT2D eigenvalue weighted by Crippen LogP contribution is 2.64. The van der Waals surface area contributed by atoms with E-state index in [-0.39, 0.29) is 0 Å². The first-order chi connectivity index (χ1) is 29.3. The molecule has 4 heteroatoms. The van der Waals surface area contributed by atoms with Crippen LogP contribution in [0.3, 0.4) is 0 Å². The number of pyridine rings is 1. The van der Waals surface area contributed by atoms with E-state index in [1.807, 2.05) is 36.4 Å². The van der Waals surface area contributed by atoms with Crippen LogP contribution in [-0.4, -0.2) is 19.9 Å². The molecular weight excluding hydrogens is 717 g/mol. The van der Waals surface area contributed by atoms with E-state index in [2.05, 4.69) is 170 Å². The average molecular weight is 751 g/mol. The number of rotatable bonds is 5. The van der Waals surface area contributed by atoms with Crippen LogP contribution in [0, 0.1) is 0 Å². The van der Waals surface area contributed by atoms with E-state index in [0.29, 0.717) is 17.5 Å². The molecule has 0 saturated carbocycles. The molecule has 59 heavy (non-hydrogen) atoms. The molecule has 0 radical (unpaired) electrons. The van der Waals surface area contributed by atoms with Crippen molar-refractivity contribution in [3.05, 3.63) is 229 Å². The Morgan fingerprint density at radius 2 is 0.695 bits per heavy atom. The lowest BCUT2D eigenvalue weighted by molar-refractivity contribution is 0.799. The monoisotopic (exact) mass is 750 g/mol. The summed E-state index contributed by atoms with van der Waals surface area (Å²) in [5, 5.41) is 2.31. The van der Waals surface area contributed by atoms with Gasteiger partial charge in [-0.05, 0) is 50.4 Å². The van der Waals surface area contributed by atoms with E-state index < -0.39 is 5.41 Å². The second-order valence-electron chi connectivity index (χ2n) is 15.3. The summed E-state index contributed by atoms with van der Waals surface area (Å²) in [4.78, 5) is 21.0. The molecule has 0 bridgehead atoms. The van der Waals surface area contributed by atoms with Gasteiger partial charge in [-0.3, -0.25) is 0 Å². The van der Waals surface area contributed by atoms with Crippen LogP contribution in [0.4, 0.5) is 0 Å². The zero-order valence-corrected chi connectivity index (χ0v) is 31.9. The second-order valence-corrected chi connectivity index (χ2v) is 15.3.